The van der Waals surface area contributed by atoms with Gasteiger partial charge < -0.3 is 10.4 Å². The van der Waals surface area contributed by atoms with Gasteiger partial charge in [0.05, 0.1) is 11.7 Å². The molecule has 2 N–H and O–H groups in total. The minimum Gasteiger partial charge on any atom is -0.396 e. The van der Waals surface area contributed by atoms with E-state index in [4.69, 9.17) is 4.98 Å². The maximum atomic E-state index is 9.46. The highest BCUT2D eigenvalue weighted by atomic mass is 16.3. The Morgan fingerprint density at radius 2 is 1.96 bits per heavy atom. The highest BCUT2D eigenvalue weighted by Gasteiger charge is 2.16. The Balaban J connectivity index is 2.05. The topological polar surface area (TPSA) is 62.5 Å². The van der Waals surface area contributed by atoms with E-state index in [1.54, 1.807) is 0 Å². The van der Waals surface area contributed by atoms with Crippen molar-refractivity contribution in [3.63, 3.8) is 0 Å². The SMILES string of the molecule is CCc1cc(N[C@@H](CCO)c2ccccc2)n2nc(C)c(C)c2n1. The number of aliphatic hydroxyl groups is 1. The van der Waals surface area contributed by atoms with Crippen LogP contribution in [-0.4, -0.2) is 26.3 Å². The van der Waals surface area contributed by atoms with E-state index >= 15 is 0 Å². The largest absolute Gasteiger partial charge is 0.396 e. The predicted octanol–water partition coefficient (Wildman–Crippen LogP) is 3.44. The first-order valence-electron chi connectivity index (χ1n) is 8.42. The molecule has 0 amide bonds. The summed E-state index contributed by atoms with van der Waals surface area (Å²) < 4.78 is 1.87. The van der Waals surface area contributed by atoms with Crippen LogP contribution in [0.15, 0.2) is 36.4 Å². The molecule has 0 aliphatic rings. The van der Waals surface area contributed by atoms with Crippen molar-refractivity contribution in [1.29, 1.82) is 0 Å². The molecule has 0 unspecified atom stereocenters. The molecular weight excluding hydrogens is 300 g/mol. The van der Waals surface area contributed by atoms with E-state index in [-0.39, 0.29) is 12.6 Å². The van der Waals surface area contributed by atoms with Crippen molar-refractivity contribution >= 4 is 11.5 Å². The Hall–Kier alpha value is -2.40. The second-order valence-corrected chi connectivity index (χ2v) is 6.05. The van der Waals surface area contributed by atoms with Crippen LogP contribution in [0.25, 0.3) is 5.65 Å². The molecular formula is C19H24N4O. The third-order valence-electron chi connectivity index (χ3n) is 4.41. The lowest BCUT2D eigenvalue weighted by molar-refractivity contribution is 0.280. The first-order valence-corrected chi connectivity index (χ1v) is 8.42. The molecule has 5 heteroatoms. The standard InChI is InChI=1S/C19H24N4O/c1-4-16-12-18(23-19(20-16)13(2)14(3)22-23)21-17(10-11-24)15-8-6-5-7-9-15/h5-9,12,17,21,24H,4,10-11H2,1-3H3/t17-/m0/s1. The quantitative estimate of drug-likeness (QED) is 0.729. The number of nitrogens with zero attached hydrogens (tertiary/aromatic N) is 3. The summed E-state index contributed by atoms with van der Waals surface area (Å²) in [7, 11) is 0. The number of nitrogens with one attached hydrogen (secondary N) is 1. The van der Waals surface area contributed by atoms with E-state index < -0.39 is 0 Å². The second kappa shape index (κ2) is 7.01. The molecule has 3 aromatic rings. The lowest BCUT2D eigenvalue weighted by Gasteiger charge is -2.20. The maximum absolute atomic E-state index is 9.46. The van der Waals surface area contributed by atoms with Crippen LogP contribution in [0.1, 0.15) is 41.9 Å². The molecule has 2 aromatic heterocycles. The van der Waals surface area contributed by atoms with E-state index in [9.17, 15) is 5.11 Å². The Kier molecular flexibility index (Phi) is 4.81. The number of rotatable bonds is 6. The van der Waals surface area contributed by atoms with Gasteiger partial charge in [-0.2, -0.15) is 9.61 Å². The third-order valence-corrected chi connectivity index (χ3v) is 4.41. The van der Waals surface area contributed by atoms with Gasteiger partial charge in [0, 0.05) is 23.9 Å². The monoisotopic (exact) mass is 324 g/mol. The van der Waals surface area contributed by atoms with Crippen LogP contribution >= 0.6 is 0 Å². The van der Waals surface area contributed by atoms with E-state index in [1.807, 2.05) is 35.7 Å². The van der Waals surface area contributed by atoms with Crippen molar-refractivity contribution in [2.24, 2.45) is 0 Å². The second-order valence-electron chi connectivity index (χ2n) is 6.05. The van der Waals surface area contributed by atoms with Crippen LogP contribution < -0.4 is 5.32 Å². The predicted molar refractivity (Wildman–Crippen MR) is 96.3 cm³/mol. The molecule has 0 aliphatic heterocycles. The smallest absolute Gasteiger partial charge is 0.160 e. The fourth-order valence-electron chi connectivity index (χ4n) is 2.88. The summed E-state index contributed by atoms with van der Waals surface area (Å²) >= 11 is 0. The van der Waals surface area contributed by atoms with Gasteiger partial charge in [0.1, 0.15) is 5.82 Å². The molecule has 24 heavy (non-hydrogen) atoms. The zero-order valence-electron chi connectivity index (χ0n) is 14.5. The average Bonchev–Trinajstić information content (AvgIpc) is 2.90. The van der Waals surface area contributed by atoms with E-state index in [0.717, 1.165) is 40.4 Å². The highest BCUT2D eigenvalue weighted by molar-refractivity contribution is 5.56. The van der Waals surface area contributed by atoms with E-state index in [0.29, 0.717) is 6.42 Å². The molecule has 0 saturated heterocycles. The lowest BCUT2D eigenvalue weighted by Crippen LogP contribution is -2.15. The molecule has 2 heterocycles. The zero-order chi connectivity index (χ0) is 17.1. The summed E-state index contributed by atoms with van der Waals surface area (Å²) in [6.45, 7) is 6.28. The summed E-state index contributed by atoms with van der Waals surface area (Å²) in [5.74, 6) is 0.912. The summed E-state index contributed by atoms with van der Waals surface area (Å²) in [6.07, 6.45) is 1.50. The number of anilines is 1. The fraction of sp³-hybridized carbons (Fsp3) is 0.368. The van der Waals surface area contributed by atoms with Crippen molar-refractivity contribution in [3.05, 3.63) is 58.9 Å². The molecule has 126 valence electrons. The Morgan fingerprint density at radius 1 is 1.21 bits per heavy atom. The van der Waals surface area contributed by atoms with Crippen molar-refractivity contribution in [1.82, 2.24) is 14.6 Å². The zero-order valence-corrected chi connectivity index (χ0v) is 14.5. The molecule has 0 fully saturated rings. The summed E-state index contributed by atoms with van der Waals surface area (Å²) in [4.78, 5) is 4.71. The average molecular weight is 324 g/mol. The molecule has 3 rings (SSSR count). The van der Waals surface area contributed by atoms with Crippen LogP contribution in [0.5, 0.6) is 0 Å². The minimum absolute atomic E-state index is 0.0244. The number of benzene rings is 1. The van der Waals surface area contributed by atoms with Gasteiger partial charge in [0.25, 0.3) is 0 Å². The molecule has 5 nitrogen and oxygen atoms in total. The van der Waals surface area contributed by atoms with Gasteiger partial charge in [-0.25, -0.2) is 4.98 Å². The van der Waals surface area contributed by atoms with Crippen LogP contribution in [0.3, 0.4) is 0 Å². The van der Waals surface area contributed by atoms with Crippen molar-refractivity contribution in [3.8, 4) is 0 Å². The third kappa shape index (κ3) is 3.12. The van der Waals surface area contributed by atoms with E-state index in [2.05, 4.69) is 36.4 Å². The number of fused-ring (bicyclic) bond motifs is 1. The van der Waals surface area contributed by atoms with Crippen LogP contribution in [-0.2, 0) is 6.42 Å². The number of aromatic nitrogens is 3. The molecule has 1 atom stereocenters. The maximum Gasteiger partial charge on any atom is 0.160 e. The number of aryl methyl sites for hydroxylation is 3. The van der Waals surface area contributed by atoms with Gasteiger partial charge in [0.2, 0.25) is 0 Å². The van der Waals surface area contributed by atoms with Crippen molar-refractivity contribution in [2.45, 2.75) is 39.7 Å². The first kappa shape index (κ1) is 16.5. The van der Waals surface area contributed by atoms with Crippen LogP contribution in [0.4, 0.5) is 5.82 Å². The minimum atomic E-state index is 0.0244. The van der Waals surface area contributed by atoms with Gasteiger partial charge in [-0.15, -0.1) is 0 Å². The number of hydrogen-bond acceptors (Lipinski definition) is 4. The van der Waals surface area contributed by atoms with Gasteiger partial charge in [0.15, 0.2) is 5.65 Å². The highest BCUT2D eigenvalue weighted by Crippen LogP contribution is 2.25. The molecule has 0 saturated carbocycles. The normalized spacial score (nSPS) is 12.5. The van der Waals surface area contributed by atoms with Gasteiger partial charge in [-0.3, -0.25) is 0 Å². The summed E-state index contributed by atoms with van der Waals surface area (Å²) in [5, 5.41) is 17.6. The number of hydrogen-bond donors (Lipinski definition) is 2. The molecule has 0 aliphatic carbocycles. The lowest BCUT2D eigenvalue weighted by atomic mass is 10.0. The molecule has 0 spiro atoms. The van der Waals surface area contributed by atoms with Gasteiger partial charge >= 0.3 is 0 Å². The number of aliphatic hydroxyl groups excluding tert-OH is 1. The first-order chi connectivity index (χ1) is 11.6. The molecule has 1 aromatic carbocycles. The Bertz CT molecular complexity index is 826. The van der Waals surface area contributed by atoms with Crippen LogP contribution in [0, 0.1) is 13.8 Å². The van der Waals surface area contributed by atoms with Crippen molar-refractivity contribution in [2.75, 3.05) is 11.9 Å². The van der Waals surface area contributed by atoms with Gasteiger partial charge in [-0.1, -0.05) is 37.3 Å². The van der Waals surface area contributed by atoms with Gasteiger partial charge in [-0.05, 0) is 32.3 Å². The van der Waals surface area contributed by atoms with Crippen molar-refractivity contribution < 1.29 is 5.11 Å². The van der Waals surface area contributed by atoms with E-state index in [1.165, 1.54) is 0 Å². The molecule has 0 bridgehead atoms. The summed E-state index contributed by atoms with van der Waals surface area (Å²) in [5.41, 5.74) is 5.16. The van der Waals surface area contributed by atoms with Crippen LogP contribution in [0.2, 0.25) is 0 Å². The Morgan fingerprint density at radius 3 is 2.62 bits per heavy atom. The fourth-order valence-corrected chi connectivity index (χ4v) is 2.88. The summed E-state index contributed by atoms with van der Waals surface area (Å²) in [6, 6.07) is 12.3. The molecule has 0 radical (unpaired) electrons. The Labute approximate surface area is 142 Å².